The fourth-order valence-electron chi connectivity index (χ4n) is 2.70. The van der Waals surface area contributed by atoms with E-state index in [4.69, 9.17) is 5.73 Å². The molecular weight excluding hydrogens is 238 g/mol. The summed E-state index contributed by atoms with van der Waals surface area (Å²) in [5.74, 6) is -0.0772. The van der Waals surface area contributed by atoms with Crippen molar-refractivity contribution in [1.82, 2.24) is 10.3 Å². The minimum atomic E-state index is -0.0772. The number of rotatable bonds is 2. The van der Waals surface area contributed by atoms with Crippen molar-refractivity contribution < 1.29 is 4.79 Å². The summed E-state index contributed by atoms with van der Waals surface area (Å²) in [6.45, 7) is 0. The number of benzene rings is 1. The van der Waals surface area contributed by atoms with E-state index in [9.17, 15) is 4.79 Å². The maximum absolute atomic E-state index is 12.4. The minimum absolute atomic E-state index is 0.0758. The molecule has 2 atom stereocenters. The van der Waals surface area contributed by atoms with Crippen LogP contribution in [0.5, 0.6) is 0 Å². The largest absolute Gasteiger partial charge is 0.348 e. The average molecular weight is 255 g/mol. The zero-order chi connectivity index (χ0) is 13.2. The monoisotopic (exact) mass is 255 g/mol. The van der Waals surface area contributed by atoms with Crippen LogP contribution < -0.4 is 11.1 Å². The zero-order valence-corrected chi connectivity index (χ0v) is 10.7. The molecule has 0 saturated heterocycles. The smallest absolute Gasteiger partial charge is 0.253 e. The molecule has 1 aromatic carbocycles. The highest BCUT2D eigenvalue weighted by Gasteiger charge is 2.26. The second kappa shape index (κ2) is 4.97. The van der Waals surface area contributed by atoms with Crippen LogP contribution in [0.1, 0.15) is 29.6 Å². The maximum Gasteiger partial charge on any atom is 0.253 e. The molecule has 4 nitrogen and oxygen atoms in total. The molecule has 1 fully saturated rings. The van der Waals surface area contributed by atoms with E-state index in [0.29, 0.717) is 5.56 Å². The SMILES string of the molecule is NC1CCCC1NC(=O)c1cccc2cccnc12. The molecule has 1 aliphatic carbocycles. The van der Waals surface area contributed by atoms with Crippen molar-refractivity contribution in [3.63, 3.8) is 0 Å². The van der Waals surface area contributed by atoms with Crippen molar-refractivity contribution in [2.45, 2.75) is 31.3 Å². The van der Waals surface area contributed by atoms with Gasteiger partial charge in [-0.2, -0.15) is 0 Å². The van der Waals surface area contributed by atoms with E-state index in [0.717, 1.165) is 30.2 Å². The predicted molar refractivity (Wildman–Crippen MR) is 74.8 cm³/mol. The maximum atomic E-state index is 12.4. The van der Waals surface area contributed by atoms with E-state index >= 15 is 0 Å². The van der Waals surface area contributed by atoms with E-state index < -0.39 is 0 Å². The van der Waals surface area contributed by atoms with Crippen LogP contribution in [0.4, 0.5) is 0 Å². The van der Waals surface area contributed by atoms with Crippen molar-refractivity contribution in [1.29, 1.82) is 0 Å². The Labute approximate surface area is 112 Å². The molecule has 0 aliphatic heterocycles. The van der Waals surface area contributed by atoms with Gasteiger partial charge < -0.3 is 11.1 Å². The van der Waals surface area contributed by atoms with Crippen molar-refractivity contribution in [3.8, 4) is 0 Å². The zero-order valence-electron chi connectivity index (χ0n) is 10.7. The molecule has 3 rings (SSSR count). The highest BCUT2D eigenvalue weighted by Crippen LogP contribution is 2.19. The average Bonchev–Trinajstić information content (AvgIpc) is 2.83. The molecule has 1 heterocycles. The first-order chi connectivity index (χ1) is 9.25. The fourth-order valence-corrected chi connectivity index (χ4v) is 2.70. The number of amides is 1. The van der Waals surface area contributed by atoms with E-state index in [1.54, 1.807) is 6.20 Å². The van der Waals surface area contributed by atoms with Crippen molar-refractivity contribution in [2.75, 3.05) is 0 Å². The topological polar surface area (TPSA) is 68.0 Å². The molecular formula is C15H17N3O. The molecule has 2 unspecified atom stereocenters. The molecule has 3 N–H and O–H groups in total. The highest BCUT2D eigenvalue weighted by atomic mass is 16.1. The van der Waals surface area contributed by atoms with E-state index in [-0.39, 0.29) is 18.0 Å². The first kappa shape index (κ1) is 12.1. The Hall–Kier alpha value is -1.94. The molecule has 19 heavy (non-hydrogen) atoms. The summed E-state index contributed by atoms with van der Waals surface area (Å²) < 4.78 is 0. The highest BCUT2D eigenvalue weighted by molar-refractivity contribution is 6.05. The van der Waals surface area contributed by atoms with Gasteiger partial charge in [0.15, 0.2) is 0 Å². The third-order valence-corrected chi connectivity index (χ3v) is 3.76. The van der Waals surface area contributed by atoms with Gasteiger partial charge in [-0.05, 0) is 31.4 Å². The lowest BCUT2D eigenvalue weighted by molar-refractivity contribution is 0.0936. The standard InChI is InChI=1S/C15H17N3O/c16-12-7-2-8-13(12)18-15(19)11-6-1-4-10-5-3-9-17-14(10)11/h1,3-6,9,12-13H,2,7-8,16H2,(H,18,19). The molecule has 1 amide bonds. The van der Waals surface area contributed by atoms with Gasteiger partial charge in [-0.3, -0.25) is 9.78 Å². The molecule has 1 aromatic heterocycles. The van der Waals surface area contributed by atoms with E-state index in [1.807, 2.05) is 30.3 Å². The lowest BCUT2D eigenvalue weighted by atomic mass is 10.1. The Morgan fingerprint density at radius 3 is 2.89 bits per heavy atom. The summed E-state index contributed by atoms with van der Waals surface area (Å²) in [6, 6.07) is 9.65. The van der Waals surface area contributed by atoms with Crippen LogP contribution in [0.25, 0.3) is 10.9 Å². The van der Waals surface area contributed by atoms with Crippen molar-refractivity contribution in [3.05, 3.63) is 42.1 Å². The summed E-state index contributed by atoms with van der Waals surface area (Å²) in [7, 11) is 0. The molecule has 98 valence electrons. The number of para-hydroxylation sites is 1. The summed E-state index contributed by atoms with van der Waals surface area (Å²) in [4.78, 5) is 16.7. The Bertz CT molecular complexity index is 606. The Kier molecular flexibility index (Phi) is 3.17. The number of carbonyl (C=O) groups excluding carboxylic acids is 1. The van der Waals surface area contributed by atoms with Crippen molar-refractivity contribution in [2.24, 2.45) is 5.73 Å². The van der Waals surface area contributed by atoms with Crippen LogP contribution in [0.3, 0.4) is 0 Å². The lowest BCUT2D eigenvalue weighted by Gasteiger charge is -2.17. The second-order valence-corrected chi connectivity index (χ2v) is 5.06. The van der Waals surface area contributed by atoms with Gasteiger partial charge in [0.1, 0.15) is 0 Å². The summed E-state index contributed by atoms with van der Waals surface area (Å²) in [5, 5.41) is 4.01. The normalized spacial score (nSPS) is 22.6. The van der Waals surface area contributed by atoms with Gasteiger partial charge in [0, 0.05) is 23.7 Å². The number of fused-ring (bicyclic) bond motifs is 1. The molecule has 0 radical (unpaired) electrons. The molecule has 2 aromatic rings. The second-order valence-electron chi connectivity index (χ2n) is 5.06. The minimum Gasteiger partial charge on any atom is -0.348 e. The first-order valence-corrected chi connectivity index (χ1v) is 6.66. The number of pyridine rings is 1. The third kappa shape index (κ3) is 2.31. The Morgan fingerprint density at radius 1 is 1.26 bits per heavy atom. The van der Waals surface area contributed by atoms with Crippen LogP contribution in [-0.2, 0) is 0 Å². The fraction of sp³-hybridized carbons (Fsp3) is 0.333. The van der Waals surface area contributed by atoms with Gasteiger partial charge in [-0.15, -0.1) is 0 Å². The quantitative estimate of drug-likeness (QED) is 0.860. The molecule has 0 spiro atoms. The van der Waals surface area contributed by atoms with Crippen LogP contribution >= 0.6 is 0 Å². The predicted octanol–water partition coefficient (Wildman–Crippen LogP) is 1.84. The van der Waals surface area contributed by atoms with Gasteiger partial charge in [-0.25, -0.2) is 0 Å². The number of nitrogens with one attached hydrogen (secondary N) is 1. The number of hydrogen-bond donors (Lipinski definition) is 2. The van der Waals surface area contributed by atoms with Gasteiger partial charge in [0.2, 0.25) is 0 Å². The van der Waals surface area contributed by atoms with Gasteiger partial charge in [0.25, 0.3) is 5.91 Å². The van der Waals surface area contributed by atoms with Crippen molar-refractivity contribution >= 4 is 16.8 Å². The molecule has 4 heteroatoms. The third-order valence-electron chi connectivity index (χ3n) is 3.76. The number of aromatic nitrogens is 1. The van der Waals surface area contributed by atoms with Gasteiger partial charge in [-0.1, -0.05) is 18.2 Å². The first-order valence-electron chi connectivity index (χ1n) is 6.66. The van der Waals surface area contributed by atoms with Crippen LogP contribution in [0, 0.1) is 0 Å². The summed E-state index contributed by atoms with van der Waals surface area (Å²) in [6.07, 6.45) is 4.74. The lowest BCUT2D eigenvalue weighted by Crippen LogP contribution is -2.44. The van der Waals surface area contributed by atoms with Gasteiger partial charge in [0.05, 0.1) is 11.1 Å². The van der Waals surface area contributed by atoms with E-state index in [2.05, 4.69) is 10.3 Å². The van der Waals surface area contributed by atoms with Crippen LogP contribution in [0.2, 0.25) is 0 Å². The molecule has 1 aliphatic rings. The van der Waals surface area contributed by atoms with Crippen LogP contribution in [-0.4, -0.2) is 23.0 Å². The van der Waals surface area contributed by atoms with E-state index in [1.165, 1.54) is 0 Å². The van der Waals surface area contributed by atoms with Gasteiger partial charge >= 0.3 is 0 Å². The Balaban J connectivity index is 1.89. The summed E-state index contributed by atoms with van der Waals surface area (Å²) in [5.41, 5.74) is 7.35. The summed E-state index contributed by atoms with van der Waals surface area (Å²) >= 11 is 0. The van der Waals surface area contributed by atoms with Crippen LogP contribution in [0.15, 0.2) is 36.5 Å². The number of nitrogens with two attached hydrogens (primary N) is 1. The number of carbonyl (C=O) groups is 1. The number of hydrogen-bond acceptors (Lipinski definition) is 3. The molecule has 1 saturated carbocycles. The number of nitrogens with zero attached hydrogens (tertiary/aromatic N) is 1. The molecule has 0 bridgehead atoms. The Morgan fingerprint density at radius 2 is 2.11 bits per heavy atom.